The first-order valence-corrected chi connectivity index (χ1v) is 12.7. The van der Waals surface area contributed by atoms with Crippen LogP contribution >= 0.6 is 0 Å². The van der Waals surface area contributed by atoms with Crippen LogP contribution in [0.1, 0.15) is 42.5 Å². The van der Waals surface area contributed by atoms with Gasteiger partial charge in [-0.05, 0) is 61.6 Å². The minimum absolute atomic E-state index is 0.00194. The molecule has 2 aromatic rings. The van der Waals surface area contributed by atoms with Crippen LogP contribution < -0.4 is 4.90 Å². The van der Waals surface area contributed by atoms with Crippen molar-refractivity contribution in [3.8, 4) is 12.1 Å². The van der Waals surface area contributed by atoms with Gasteiger partial charge in [-0.3, -0.25) is 4.90 Å². The fraction of sp³-hybridized carbons (Fsp3) is 0.320. The van der Waals surface area contributed by atoms with Crippen LogP contribution in [0, 0.1) is 28.6 Å². The molecule has 1 aliphatic heterocycles. The third-order valence-corrected chi connectivity index (χ3v) is 8.29. The molecule has 7 nitrogen and oxygen atoms in total. The van der Waals surface area contributed by atoms with Crippen molar-refractivity contribution in [2.24, 2.45) is 5.92 Å². The Morgan fingerprint density at radius 3 is 2.36 bits per heavy atom. The molecule has 1 aliphatic carbocycles. The van der Waals surface area contributed by atoms with E-state index in [1.807, 2.05) is 12.1 Å². The van der Waals surface area contributed by atoms with Crippen LogP contribution in [0.3, 0.4) is 0 Å². The highest BCUT2D eigenvalue weighted by Gasteiger charge is 2.41. The number of likely N-dealkylation sites (N-methyl/N-ethyl adjacent to an activating group) is 1. The van der Waals surface area contributed by atoms with Crippen molar-refractivity contribution in [1.29, 1.82) is 10.5 Å². The zero-order chi connectivity index (χ0) is 26.4. The van der Waals surface area contributed by atoms with Gasteiger partial charge in [-0.1, -0.05) is 12.1 Å². The molecule has 1 saturated carbocycles. The number of allylic oxidation sites excluding steroid dienone is 1. The highest BCUT2D eigenvalue weighted by Crippen LogP contribution is 2.42. The number of benzene rings is 2. The highest BCUT2D eigenvalue weighted by atomic mass is 32.2. The third-order valence-electron chi connectivity index (χ3n) is 6.36. The average Bonchev–Trinajstić information content (AvgIpc) is 3.64. The second-order valence-corrected chi connectivity index (χ2v) is 10.9. The number of rotatable bonds is 5. The van der Waals surface area contributed by atoms with Gasteiger partial charge in [0.25, 0.3) is 0 Å². The minimum Gasteiger partial charge on any atom is -0.315 e. The minimum atomic E-state index is -4.63. The van der Waals surface area contributed by atoms with Gasteiger partial charge in [-0.2, -0.15) is 23.7 Å². The van der Waals surface area contributed by atoms with Gasteiger partial charge >= 0.3 is 12.2 Å². The predicted molar refractivity (Wildman–Crippen MR) is 124 cm³/mol. The molecule has 0 N–H and O–H groups in total. The van der Waals surface area contributed by atoms with Gasteiger partial charge in [0, 0.05) is 12.7 Å². The smallest absolute Gasteiger partial charge is 0.315 e. The summed E-state index contributed by atoms with van der Waals surface area (Å²) in [7, 11) is -2.49. The summed E-state index contributed by atoms with van der Waals surface area (Å²) in [6.45, 7) is 1.43. The van der Waals surface area contributed by atoms with Crippen molar-refractivity contribution in [1.82, 2.24) is 4.90 Å². The van der Waals surface area contributed by atoms with Crippen molar-refractivity contribution < 1.29 is 26.4 Å². The quantitative estimate of drug-likeness (QED) is 0.547. The lowest BCUT2D eigenvalue weighted by molar-refractivity contribution is -0.137. The molecule has 0 bridgehead atoms. The fourth-order valence-corrected chi connectivity index (χ4v) is 6.32. The van der Waals surface area contributed by atoms with E-state index < -0.39 is 33.6 Å². The van der Waals surface area contributed by atoms with Gasteiger partial charge < -0.3 is 4.90 Å². The van der Waals surface area contributed by atoms with E-state index in [1.54, 1.807) is 0 Å². The maximum absolute atomic E-state index is 13.4. The van der Waals surface area contributed by atoms with Crippen molar-refractivity contribution in [3.05, 3.63) is 70.4 Å². The van der Waals surface area contributed by atoms with Crippen LogP contribution in [0.25, 0.3) is 0 Å². The number of carbonyl (C=O) groups is 1. The molecule has 0 radical (unpaired) electrons. The predicted octanol–water partition coefficient (Wildman–Crippen LogP) is 5.17. The SMILES string of the molecule is CC1=C(C#N)[C@@H](c2ccc(C#N)cc2S(=O)(=O)CC2CC2)N(C)C(=O)N1c1cccc(C(F)(F)F)c1. The molecular weight excluding hydrogens is 493 g/mol. The first-order valence-electron chi connectivity index (χ1n) is 11.0. The molecule has 2 aliphatic rings. The van der Waals surface area contributed by atoms with E-state index in [-0.39, 0.29) is 44.7 Å². The molecule has 1 heterocycles. The van der Waals surface area contributed by atoms with Gasteiger partial charge in [-0.25, -0.2) is 13.2 Å². The summed E-state index contributed by atoms with van der Waals surface area (Å²) in [5.41, 5.74) is -0.675. The molecular formula is C25H21F3N4O3S. The third kappa shape index (κ3) is 4.54. The Labute approximate surface area is 206 Å². The number of hydrogen-bond acceptors (Lipinski definition) is 5. The number of hydrogen-bond donors (Lipinski definition) is 0. The van der Waals surface area contributed by atoms with E-state index >= 15 is 0 Å². The van der Waals surface area contributed by atoms with Crippen molar-refractivity contribution in [2.75, 3.05) is 17.7 Å². The summed E-state index contributed by atoms with van der Waals surface area (Å²) in [4.78, 5) is 15.4. The van der Waals surface area contributed by atoms with Gasteiger partial charge in [0.2, 0.25) is 0 Å². The van der Waals surface area contributed by atoms with Crippen molar-refractivity contribution in [2.45, 2.75) is 36.9 Å². The van der Waals surface area contributed by atoms with Gasteiger partial charge in [0.05, 0.1) is 51.2 Å². The summed E-state index contributed by atoms with van der Waals surface area (Å²) < 4.78 is 66.4. The Morgan fingerprint density at radius 1 is 1.08 bits per heavy atom. The molecule has 36 heavy (non-hydrogen) atoms. The second kappa shape index (κ2) is 8.99. The number of nitriles is 2. The molecule has 0 spiro atoms. The van der Waals surface area contributed by atoms with Gasteiger partial charge in [0.15, 0.2) is 9.84 Å². The summed E-state index contributed by atoms with van der Waals surface area (Å²) in [6, 6.07) is 10.4. The van der Waals surface area contributed by atoms with E-state index in [1.165, 1.54) is 44.3 Å². The number of nitrogens with zero attached hydrogens (tertiary/aromatic N) is 4. The average molecular weight is 515 g/mol. The van der Waals surface area contributed by atoms with E-state index in [4.69, 9.17) is 0 Å². The molecule has 1 atom stereocenters. The van der Waals surface area contributed by atoms with Crippen LogP contribution in [0.4, 0.5) is 23.7 Å². The molecule has 2 amide bonds. The van der Waals surface area contributed by atoms with Crippen LogP contribution in [0.5, 0.6) is 0 Å². The number of alkyl halides is 3. The zero-order valence-corrected chi connectivity index (χ0v) is 20.2. The van der Waals surface area contributed by atoms with E-state index in [0.29, 0.717) is 0 Å². The number of anilines is 1. The molecule has 186 valence electrons. The van der Waals surface area contributed by atoms with E-state index in [0.717, 1.165) is 34.8 Å². The number of carbonyl (C=O) groups excluding carboxylic acids is 1. The summed E-state index contributed by atoms with van der Waals surface area (Å²) in [6.07, 6.45) is -3.07. The Morgan fingerprint density at radius 2 is 1.78 bits per heavy atom. The lowest BCUT2D eigenvalue weighted by atomic mass is 9.93. The molecule has 2 aromatic carbocycles. The molecule has 1 fully saturated rings. The Hall–Kier alpha value is -3.83. The van der Waals surface area contributed by atoms with Gasteiger partial charge in [0.1, 0.15) is 0 Å². The standard InChI is InChI=1S/C25H21F3N4O3S/c1-15-21(13-30)23(20-9-8-17(12-29)10-22(20)36(34,35)14-16-6-7-16)31(2)24(33)32(15)19-5-3-4-18(11-19)25(26,27)28/h3-5,8-11,16,23H,6-7,14H2,1-2H3/t23-/m1/s1. The molecule has 0 unspecified atom stereocenters. The molecule has 11 heteroatoms. The topological polar surface area (TPSA) is 105 Å². The second-order valence-electron chi connectivity index (χ2n) is 8.88. The summed E-state index contributed by atoms with van der Waals surface area (Å²) >= 11 is 0. The normalized spacial score (nSPS) is 18.8. The largest absolute Gasteiger partial charge is 0.416 e. The first-order chi connectivity index (χ1) is 16.9. The number of sulfone groups is 1. The Kier molecular flexibility index (Phi) is 6.31. The maximum Gasteiger partial charge on any atom is 0.416 e. The number of halogens is 3. The summed E-state index contributed by atoms with van der Waals surface area (Å²) in [5.74, 6) is -0.0938. The van der Waals surface area contributed by atoms with Crippen LogP contribution in [-0.4, -0.2) is 32.1 Å². The van der Waals surface area contributed by atoms with Crippen molar-refractivity contribution >= 4 is 21.6 Å². The number of urea groups is 1. The Bertz CT molecular complexity index is 1460. The highest BCUT2D eigenvalue weighted by molar-refractivity contribution is 7.91. The van der Waals surface area contributed by atoms with Crippen molar-refractivity contribution in [3.63, 3.8) is 0 Å². The molecule has 0 aromatic heterocycles. The fourth-order valence-electron chi connectivity index (χ4n) is 4.34. The monoisotopic (exact) mass is 514 g/mol. The van der Waals surface area contributed by atoms with E-state index in [2.05, 4.69) is 0 Å². The Balaban J connectivity index is 1.88. The van der Waals surface area contributed by atoms with E-state index in [9.17, 15) is 36.9 Å². The number of amides is 2. The first kappa shape index (κ1) is 25.3. The van der Waals surface area contributed by atoms with Gasteiger partial charge in [-0.15, -0.1) is 0 Å². The van der Waals surface area contributed by atoms with Crippen LogP contribution in [0.2, 0.25) is 0 Å². The van der Waals surface area contributed by atoms with Crippen LogP contribution in [0.15, 0.2) is 58.6 Å². The lowest BCUT2D eigenvalue weighted by Gasteiger charge is -2.40. The van der Waals surface area contributed by atoms with Crippen LogP contribution in [-0.2, 0) is 16.0 Å². The maximum atomic E-state index is 13.4. The molecule has 0 saturated heterocycles. The zero-order valence-electron chi connectivity index (χ0n) is 19.4. The lowest BCUT2D eigenvalue weighted by Crippen LogP contribution is -2.47. The molecule has 4 rings (SSSR count). The summed E-state index contributed by atoms with van der Waals surface area (Å²) in [5, 5.41) is 19.4.